The van der Waals surface area contributed by atoms with Crippen molar-refractivity contribution in [3.8, 4) is 0 Å². The SMILES string of the molecule is CC(=O)/C=C/c1ccccc1N1CCc2ccccc2C1. The van der Waals surface area contributed by atoms with E-state index in [1.54, 1.807) is 13.0 Å². The lowest BCUT2D eigenvalue weighted by Crippen LogP contribution is -2.30. The van der Waals surface area contributed by atoms with Crippen molar-refractivity contribution in [2.75, 3.05) is 11.4 Å². The highest BCUT2D eigenvalue weighted by atomic mass is 16.1. The van der Waals surface area contributed by atoms with Gasteiger partial charge in [0.2, 0.25) is 0 Å². The van der Waals surface area contributed by atoms with Gasteiger partial charge in [-0.3, -0.25) is 4.79 Å². The molecule has 0 saturated heterocycles. The molecule has 21 heavy (non-hydrogen) atoms. The van der Waals surface area contributed by atoms with E-state index in [-0.39, 0.29) is 5.78 Å². The Hall–Kier alpha value is -2.35. The van der Waals surface area contributed by atoms with Crippen LogP contribution >= 0.6 is 0 Å². The van der Waals surface area contributed by atoms with Crippen LogP contribution in [0.25, 0.3) is 6.08 Å². The number of carbonyl (C=O) groups is 1. The second-order valence-electron chi connectivity index (χ2n) is 5.44. The fourth-order valence-corrected chi connectivity index (χ4v) is 2.82. The number of para-hydroxylation sites is 1. The second kappa shape index (κ2) is 5.96. The van der Waals surface area contributed by atoms with Gasteiger partial charge in [0.05, 0.1) is 0 Å². The van der Waals surface area contributed by atoms with Crippen LogP contribution in [0.2, 0.25) is 0 Å². The minimum absolute atomic E-state index is 0.0776. The van der Waals surface area contributed by atoms with Crippen LogP contribution in [0.5, 0.6) is 0 Å². The van der Waals surface area contributed by atoms with E-state index < -0.39 is 0 Å². The third kappa shape index (κ3) is 3.05. The summed E-state index contributed by atoms with van der Waals surface area (Å²) < 4.78 is 0. The van der Waals surface area contributed by atoms with Crippen LogP contribution < -0.4 is 4.90 Å². The predicted octanol–water partition coefficient (Wildman–Crippen LogP) is 3.85. The molecule has 2 heteroatoms. The topological polar surface area (TPSA) is 20.3 Å². The Balaban J connectivity index is 1.90. The molecule has 0 spiro atoms. The highest BCUT2D eigenvalue weighted by Crippen LogP contribution is 2.27. The number of hydrogen-bond acceptors (Lipinski definition) is 2. The van der Waals surface area contributed by atoms with Crippen molar-refractivity contribution in [2.24, 2.45) is 0 Å². The van der Waals surface area contributed by atoms with E-state index in [9.17, 15) is 4.79 Å². The third-order valence-corrected chi connectivity index (χ3v) is 3.91. The number of allylic oxidation sites excluding steroid dienone is 1. The molecule has 2 aromatic rings. The van der Waals surface area contributed by atoms with Gasteiger partial charge in [-0.05, 0) is 48.3 Å². The van der Waals surface area contributed by atoms with E-state index in [1.165, 1.54) is 16.8 Å². The van der Waals surface area contributed by atoms with Gasteiger partial charge in [0.1, 0.15) is 0 Å². The molecule has 1 aliphatic rings. The summed E-state index contributed by atoms with van der Waals surface area (Å²) in [5.41, 5.74) is 5.15. The summed E-state index contributed by atoms with van der Waals surface area (Å²) in [7, 11) is 0. The molecular formula is C19H19NO. The molecule has 0 unspecified atom stereocenters. The van der Waals surface area contributed by atoms with E-state index in [0.29, 0.717) is 0 Å². The average molecular weight is 277 g/mol. The van der Waals surface area contributed by atoms with Crippen LogP contribution in [0.3, 0.4) is 0 Å². The number of hydrogen-bond donors (Lipinski definition) is 0. The summed E-state index contributed by atoms with van der Waals surface area (Å²) in [6.45, 7) is 3.53. The van der Waals surface area contributed by atoms with Crippen molar-refractivity contribution >= 4 is 17.5 Å². The highest BCUT2D eigenvalue weighted by Gasteiger charge is 2.17. The van der Waals surface area contributed by atoms with E-state index >= 15 is 0 Å². The van der Waals surface area contributed by atoms with E-state index in [4.69, 9.17) is 0 Å². The normalized spacial score (nSPS) is 14.2. The number of carbonyl (C=O) groups excluding carboxylic acids is 1. The van der Waals surface area contributed by atoms with Gasteiger partial charge >= 0.3 is 0 Å². The summed E-state index contributed by atoms with van der Waals surface area (Å²) in [6, 6.07) is 16.9. The van der Waals surface area contributed by atoms with E-state index in [1.807, 2.05) is 12.1 Å². The van der Waals surface area contributed by atoms with Crippen LogP contribution in [-0.4, -0.2) is 12.3 Å². The quantitative estimate of drug-likeness (QED) is 0.794. The van der Waals surface area contributed by atoms with Crippen LogP contribution in [0.4, 0.5) is 5.69 Å². The Morgan fingerprint density at radius 2 is 1.76 bits per heavy atom. The number of ketones is 1. The molecule has 0 bridgehead atoms. The summed E-state index contributed by atoms with van der Waals surface area (Å²) >= 11 is 0. The first-order valence-corrected chi connectivity index (χ1v) is 7.33. The molecule has 106 valence electrons. The zero-order valence-electron chi connectivity index (χ0n) is 12.3. The van der Waals surface area contributed by atoms with Crippen molar-refractivity contribution in [3.05, 3.63) is 71.3 Å². The van der Waals surface area contributed by atoms with Gasteiger partial charge in [0.25, 0.3) is 0 Å². The number of anilines is 1. The minimum atomic E-state index is 0.0776. The molecule has 2 nitrogen and oxygen atoms in total. The van der Waals surface area contributed by atoms with Gasteiger partial charge < -0.3 is 4.90 Å². The summed E-state index contributed by atoms with van der Waals surface area (Å²) in [4.78, 5) is 13.6. The highest BCUT2D eigenvalue weighted by molar-refractivity contribution is 5.92. The lowest BCUT2D eigenvalue weighted by molar-refractivity contribution is -0.112. The lowest BCUT2D eigenvalue weighted by atomic mass is 9.98. The first-order valence-electron chi connectivity index (χ1n) is 7.33. The zero-order valence-corrected chi connectivity index (χ0v) is 12.3. The fraction of sp³-hybridized carbons (Fsp3) is 0.211. The molecule has 0 fully saturated rings. The molecule has 0 aromatic heterocycles. The first kappa shape index (κ1) is 13.6. The van der Waals surface area contributed by atoms with Crippen molar-refractivity contribution < 1.29 is 4.79 Å². The Morgan fingerprint density at radius 1 is 1.05 bits per heavy atom. The maximum Gasteiger partial charge on any atom is 0.152 e. The van der Waals surface area contributed by atoms with Crippen LogP contribution in [0.1, 0.15) is 23.6 Å². The molecule has 0 atom stereocenters. The fourth-order valence-electron chi connectivity index (χ4n) is 2.82. The standard InChI is InChI=1S/C19H19NO/c1-15(21)10-11-17-7-4-5-9-19(17)20-13-12-16-6-2-3-8-18(16)14-20/h2-11H,12-14H2,1H3/b11-10+. The molecule has 0 radical (unpaired) electrons. The summed E-state index contributed by atoms with van der Waals surface area (Å²) in [5, 5.41) is 0. The minimum Gasteiger partial charge on any atom is -0.366 e. The van der Waals surface area contributed by atoms with Crippen LogP contribution in [0, 0.1) is 0 Å². The molecular weight excluding hydrogens is 258 g/mol. The van der Waals surface area contributed by atoms with Crippen molar-refractivity contribution in [3.63, 3.8) is 0 Å². The predicted molar refractivity (Wildman–Crippen MR) is 87.4 cm³/mol. The Bertz CT molecular complexity index is 687. The molecule has 0 saturated carbocycles. The number of nitrogens with zero attached hydrogens (tertiary/aromatic N) is 1. The molecule has 1 heterocycles. The Kier molecular flexibility index (Phi) is 3.87. The smallest absolute Gasteiger partial charge is 0.152 e. The number of fused-ring (bicyclic) bond motifs is 1. The average Bonchev–Trinajstić information content (AvgIpc) is 2.52. The molecule has 0 N–H and O–H groups in total. The maximum absolute atomic E-state index is 11.2. The van der Waals surface area contributed by atoms with Gasteiger partial charge in [-0.25, -0.2) is 0 Å². The summed E-state index contributed by atoms with van der Waals surface area (Å²) in [5.74, 6) is 0.0776. The van der Waals surface area contributed by atoms with Gasteiger partial charge in [0, 0.05) is 18.8 Å². The second-order valence-corrected chi connectivity index (χ2v) is 5.44. The number of benzene rings is 2. The van der Waals surface area contributed by atoms with Crippen molar-refractivity contribution in [2.45, 2.75) is 19.9 Å². The van der Waals surface area contributed by atoms with Gasteiger partial charge in [-0.15, -0.1) is 0 Å². The molecule has 0 aliphatic carbocycles. The lowest BCUT2D eigenvalue weighted by Gasteiger charge is -2.31. The molecule has 1 aliphatic heterocycles. The first-order chi connectivity index (χ1) is 10.2. The largest absolute Gasteiger partial charge is 0.366 e. The van der Waals surface area contributed by atoms with E-state index in [2.05, 4.69) is 47.4 Å². The van der Waals surface area contributed by atoms with E-state index in [0.717, 1.165) is 25.1 Å². The maximum atomic E-state index is 11.2. The Labute approximate surface area is 125 Å². The van der Waals surface area contributed by atoms with Gasteiger partial charge in [-0.2, -0.15) is 0 Å². The monoisotopic (exact) mass is 277 g/mol. The molecule has 0 amide bonds. The summed E-state index contributed by atoms with van der Waals surface area (Å²) in [6.07, 6.45) is 4.62. The van der Waals surface area contributed by atoms with Crippen LogP contribution in [0.15, 0.2) is 54.6 Å². The number of rotatable bonds is 3. The van der Waals surface area contributed by atoms with Gasteiger partial charge in [0.15, 0.2) is 5.78 Å². The van der Waals surface area contributed by atoms with Gasteiger partial charge in [-0.1, -0.05) is 42.5 Å². The zero-order chi connectivity index (χ0) is 14.7. The Morgan fingerprint density at radius 3 is 2.57 bits per heavy atom. The third-order valence-electron chi connectivity index (χ3n) is 3.91. The molecule has 3 rings (SSSR count). The van der Waals surface area contributed by atoms with Crippen LogP contribution in [-0.2, 0) is 17.8 Å². The van der Waals surface area contributed by atoms with Crippen molar-refractivity contribution in [1.82, 2.24) is 0 Å². The molecule has 2 aromatic carbocycles. The van der Waals surface area contributed by atoms with Crippen molar-refractivity contribution in [1.29, 1.82) is 0 Å².